The number of aromatic nitrogens is 1. The van der Waals surface area contributed by atoms with Crippen molar-refractivity contribution in [2.24, 2.45) is 5.73 Å². The van der Waals surface area contributed by atoms with Crippen molar-refractivity contribution in [3.8, 4) is 0 Å². The molecular formula is C26H22N4O2. The normalized spacial score (nSPS) is 12.7. The highest BCUT2D eigenvalue weighted by Gasteiger charge is 2.36. The Kier molecular flexibility index (Phi) is 5.54. The number of hydrogen-bond acceptors (Lipinski definition) is 5. The van der Waals surface area contributed by atoms with Crippen LogP contribution in [0.5, 0.6) is 0 Å². The lowest BCUT2D eigenvalue weighted by atomic mass is 9.79. The molecule has 5 N–H and O–H groups in total. The lowest BCUT2D eigenvalue weighted by Crippen LogP contribution is -2.45. The van der Waals surface area contributed by atoms with E-state index in [-0.39, 0.29) is 11.7 Å². The van der Waals surface area contributed by atoms with E-state index in [0.29, 0.717) is 28.2 Å². The Morgan fingerprint density at radius 2 is 1.59 bits per heavy atom. The first kappa shape index (κ1) is 21.0. The molecule has 1 amide bonds. The fourth-order valence-corrected chi connectivity index (χ4v) is 3.66. The summed E-state index contributed by atoms with van der Waals surface area (Å²) < 4.78 is 0. The highest BCUT2D eigenvalue weighted by Crippen LogP contribution is 2.31. The Labute approximate surface area is 185 Å². The number of nitrogen functional groups attached to an aromatic ring is 1. The van der Waals surface area contributed by atoms with E-state index in [0.717, 1.165) is 10.8 Å². The molecule has 4 aromatic rings. The smallest absolute Gasteiger partial charge is 0.255 e. The second-order valence-electron chi connectivity index (χ2n) is 7.44. The highest BCUT2D eigenvalue weighted by molar-refractivity contribution is 6.05. The summed E-state index contributed by atoms with van der Waals surface area (Å²) in [5, 5.41) is 4.80. The Balaban J connectivity index is 1.68. The lowest BCUT2D eigenvalue weighted by Gasteiger charge is -2.28. The number of rotatable bonds is 6. The van der Waals surface area contributed by atoms with Crippen LogP contribution in [0, 0.1) is 0 Å². The van der Waals surface area contributed by atoms with Crippen LogP contribution in [0.3, 0.4) is 0 Å². The molecular weight excluding hydrogens is 400 g/mol. The molecule has 6 heteroatoms. The van der Waals surface area contributed by atoms with Crippen molar-refractivity contribution in [2.45, 2.75) is 5.54 Å². The van der Waals surface area contributed by atoms with Crippen molar-refractivity contribution in [3.05, 3.63) is 114 Å². The van der Waals surface area contributed by atoms with E-state index in [1.165, 1.54) is 12.3 Å². The number of pyridine rings is 1. The molecule has 0 saturated heterocycles. The largest absolute Gasteiger partial charge is 0.384 e. The van der Waals surface area contributed by atoms with E-state index >= 15 is 0 Å². The zero-order valence-electron chi connectivity index (χ0n) is 17.3. The van der Waals surface area contributed by atoms with Gasteiger partial charge in [-0.05, 0) is 52.2 Å². The molecule has 1 atom stereocenters. The van der Waals surface area contributed by atoms with Crippen molar-refractivity contribution in [1.82, 2.24) is 4.98 Å². The van der Waals surface area contributed by atoms with Gasteiger partial charge in [0.05, 0.1) is 0 Å². The first-order valence-corrected chi connectivity index (χ1v) is 10.0. The summed E-state index contributed by atoms with van der Waals surface area (Å²) in [5.74, 6) is -0.341. The van der Waals surface area contributed by atoms with Crippen molar-refractivity contribution in [2.75, 3.05) is 11.1 Å². The summed E-state index contributed by atoms with van der Waals surface area (Å²) in [5.41, 5.74) is 13.1. The number of benzene rings is 3. The Morgan fingerprint density at radius 3 is 2.28 bits per heavy atom. The number of hydrogen-bond donors (Lipinski definition) is 3. The number of ketones is 1. The van der Waals surface area contributed by atoms with Gasteiger partial charge in [0.15, 0.2) is 5.78 Å². The SMILES string of the molecule is C=CC(=O)C(N)(c1ccc(C(=O)Nc2ccnc(N)c2)cc1)c1ccc2ccccc2c1. The maximum absolute atomic E-state index is 12.9. The molecule has 0 saturated carbocycles. The van der Waals surface area contributed by atoms with E-state index in [1.54, 1.807) is 36.4 Å². The quantitative estimate of drug-likeness (QED) is 0.406. The molecule has 32 heavy (non-hydrogen) atoms. The van der Waals surface area contributed by atoms with Crippen molar-refractivity contribution in [1.29, 1.82) is 0 Å². The van der Waals surface area contributed by atoms with Crippen LogP contribution in [-0.4, -0.2) is 16.7 Å². The highest BCUT2D eigenvalue weighted by atomic mass is 16.1. The van der Waals surface area contributed by atoms with Gasteiger partial charge in [0, 0.05) is 23.5 Å². The van der Waals surface area contributed by atoms with Crippen LogP contribution in [0.4, 0.5) is 11.5 Å². The van der Waals surface area contributed by atoms with Crippen LogP contribution >= 0.6 is 0 Å². The average Bonchev–Trinajstić information content (AvgIpc) is 2.82. The molecule has 0 radical (unpaired) electrons. The molecule has 1 aromatic heterocycles. The van der Waals surface area contributed by atoms with Crippen LogP contribution in [-0.2, 0) is 10.3 Å². The predicted molar refractivity (Wildman–Crippen MR) is 127 cm³/mol. The van der Waals surface area contributed by atoms with Crippen LogP contribution in [0.1, 0.15) is 21.5 Å². The molecule has 0 aliphatic carbocycles. The molecule has 0 bridgehead atoms. The van der Waals surface area contributed by atoms with E-state index in [4.69, 9.17) is 11.5 Å². The topological polar surface area (TPSA) is 111 Å². The lowest BCUT2D eigenvalue weighted by molar-refractivity contribution is -0.118. The monoisotopic (exact) mass is 422 g/mol. The van der Waals surface area contributed by atoms with Crippen LogP contribution in [0.15, 0.2) is 97.7 Å². The molecule has 6 nitrogen and oxygen atoms in total. The first-order valence-electron chi connectivity index (χ1n) is 10.0. The van der Waals surface area contributed by atoms with E-state index in [1.807, 2.05) is 42.5 Å². The van der Waals surface area contributed by atoms with Crippen LogP contribution in [0.2, 0.25) is 0 Å². The molecule has 0 fully saturated rings. The third kappa shape index (κ3) is 3.87. The molecule has 1 unspecified atom stereocenters. The fourth-order valence-electron chi connectivity index (χ4n) is 3.66. The van der Waals surface area contributed by atoms with Crippen molar-refractivity contribution < 1.29 is 9.59 Å². The minimum Gasteiger partial charge on any atom is -0.384 e. The zero-order chi connectivity index (χ0) is 22.7. The van der Waals surface area contributed by atoms with E-state index < -0.39 is 5.54 Å². The summed E-state index contributed by atoms with van der Waals surface area (Å²) in [6.45, 7) is 3.63. The van der Waals surface area contributed by atoms with Crippen molar-refractivity contribution >= 4 is 34.0 Å². The van der Waals surface area contributed by atoms with E-state index in [2.05, 4.69) is 16.9 Å². The number of nitrogens with two attached hydrogens (primary N) is 2. The van der Waals surface area contributed by atoms with Gasteiger partial charge in [-0.25, -0.2) is 4.98 Å². The fraction of sp³-hybridized carbons (Fsp3) is 0.0385. The second kappa shape index (κ2) is 8.45. The minimum absolute atomic E-state index is 0.310. The van der Waals surface area contributed by atoms with Gasteiger partial charge in [-0.3, -0.25) is 9.59 Å². The Morgan fingerprint density at radius 1 is 0.906 bits per heavy atom. The van der Waals surface area contributed by atoms with Crippen LogP contribution in [0.25, 0.3) is 10.8 Å². The number of anilines is 2. The van der Waals surface area contributed by atoms with Gasteiger partial charge in [-0.1, -0.05) is 55.1 Å². The molecule has 0 aliphatic rings. The average molecular weight is 422 g/mol. The van der Waals surface area contributed by atoms with Gasteiger partial charge in [0.2, 0.25) is 0 Å². The third-order valence-corrected chi connectivity index (χ3v) is 5.42. The Hall–Kier alpha value is -4.29. The van der Waals surface area contributed by atoms with Gasteiger partial charge in [-0.15, -0.1) is 0 Å². The van der Waals surface area contributed by atoms with Crippen LogP contribution < -0.4 is 16.8 Å². The number of carbonyl (C=O) groups excluding carboxylic acids is 2. The van der Waals surface area contributed by atoms with Gasteiger partial charge in [0.25, 0.3) is 5.91 Å². The summed E-state index contributed by atoms with van der Waals surface area (Å²) >= 11 is 0. The summed E-state index contributed by atoms with van der Waals surface area (Å²) in [6, 6.07) is 23.4. The Bertz CT molecular complexity index is 1330. The van der Waals surface area contributed by atoms with Gasteiger partial charge in [-0.2, -0.15) is 0 Å². The number of fused-ring (bicyclic) bond motifs is 1. The predicted octanol–water partition coefficient (Wildman–Crippen LogP) is 4.03. The number of nitrogens with zero attached hydrogens (tertiary/aromatic N) is 1. The number of nitrogens with one attached hydrogen (secondary N) is 1. The summed E-state index contributed by atoms with van der Waals surface area (Å²) in [7, 11) is 0. The van der Waals surface area contributed by atoms with Gasteiger partial charge in [0.1, 0.15) is 11.4 Å². The number of carbonyl (C=O) groups is 2. The second-order valence-corrected chi connectivity index (χ2v) is 7.44. The molecule has 0 aliphatic heterocycles. The zero-order valence-corrected chi connectivity index (χ0v) is 17.3. The molecule has 1 heterocycles. The number of amides is 1. The van der Waals surface area contributed by atoms with Gasteiger partial charge >= 0.3 is 0 Å². The first-order chi connectivity index (χ1) is 15.4. The standard InChI is InChI=1S/C26H22N4O2/c1-2-23(31)26(28,21-12-7-17-5-3-4-6-19(17)15-21)20-10-8-18(9-11-20)25(32)30-22-13-14-29-24(27)16-22/h2-16H,1,28H2,(H3,27,29,30,32). The van der Waals surface area contributed by atoms with E-state index in [9.17, 15) is 9.59 Å². The summed E-state index contributed by atoms with van der Waals surface area (Å²) in [6.07, 6.45) is 2.74. The third-order valence-electron chi connectivity index (χ3n) is 5.42. The maximum Gasteiger partial charge on any atom is 0.255 e. The molecule has 4 rings (SSSR count). The summed E-state index contributed by atoms with van der Waals surface area (Å²) in [4.78, 5) is 29.4. The molecule has 3 aromatic carbocycles. The maximum atomic E-state index is 12.9. The minimum atomic E-state index is -1.43. The molecule has 158 valence electrons. The van der Waals surface area contributed by atoms with Crippen molar-refractivity contribution in [3.63, 3.8) is 0 Å². The van der Waals surface area contributed by atoms with Gasteiger partial charge < -0.3 is 16.8 Å². The molecule has 0 spiro atoms.